The van der Waals surface area contributed by atoms with Crippen molar-refractivity contribution in [3.63, 3.8) is 0 Å². The molecule has 7 heteroatoms. The molecule has 0 aliphatic heterocycles. The third-order valence-electron chi connectivity index (χ3n) is 5.59. The van der Waals surface area contributed by atoms with Gasteiger partial charge in [0.15, 0.2) is 11.5 Å². The molecule has 34 heavy (non-hydrogen) atoms. The fraction of sp³-hybridized carbons (Fsp3) is 0.185. The number of pyridine rings is 1. The normalized spacial score (nSPS) is 10.7. The van der Waals surface area contributed by atoms with Gasteiger partial charge in [-0.05, 0) is 36.8 Å². The molecule has 0 aliphatic rings. The van der Waals surface area contributed by atoms with Gasteiger partial charge in [-0.1, -0.05) is 48.0 Å². The zero-order chi connectivity index (χ0) is 24.1. The molecule has 0 unspecified atom stereocenters. The van der Waals surface area contributed by atoms with Gasteiger partial charge in [-0.15, -0.1) is 0 Å². The number of nitrogens with zero attached hydrogens (tertiary/aromatic N) is 1. The number of carbonyl (C=O) groups is 1. The molecule has 0 spiro atoms. The maximum absolute atomic E-state index is 13.2. The summed E-state index contributed by atoms with van der Waals surface area (Å²) in [6, 6.07) is 22.3. The average molecular weight is 458 g/mol. The molecule has 0 bridgehead atoms. The van der Waals surface area contributed by atoms with E-state index in [1.807, 2.05) is 67.6 Å². The number of benzene rings is 3. The predicted octanol–water partition coefficient (Wildman–Crippen LogP) is 5.09. The van der Waals surface area contributed by atoms with Crippen LogP contribution < -0.4 is 20.3 Å². The lowest BCUT2D eigenvalue weighted by molar-refractivity contribution is 0.206. The molecule has 7 nitrogen and oxygen atoms in total. The summed E-state index contributed by atoms with van der Waals surface area (Å²) in [4.78, 5) is 30.6. The standard InChI is InChI=1S/C27H27N3O4/c1-18-9-11-19(12-10-18)16-30(27(32)28-22-7-5-4-6-8-22)17-21-13-20-14-24(33-2)25(34-3)15-23(20)29-26(21)31/h4-15H,16-17H2,1-3H3,(H,28,32)(H,29,31). The van der Waals surface area contributed by atoms with Gasteiger partial charge in [0.05, 0.1) is 26.3 Å². The zero-order valence-electron chi connectivity index (χ0n) is 19.4. The molecule has 2 amide bonds. The number of hydrogen-bond donors (Lipinski definition) is 2. The number of carbonyl (C=O) groups excluding carboxylic acids is 1. The van der Waals surface area contributed by atoms with Gasteiger partial charge in [0.25, 0.3) is 5.56 Å². The number of aromatic nitrogens is 1. The second-order valence-corrected chi connectivity index (χ2v) is 8.06. The molecule has 0 atom stereocenters. The van der Waals surface area contributed by atoms with Crippen LogP contribution in [-0.4, -0.2) is 30.1 Å². The highest BCUT2D eigenvalue weighted by Crippen LogP contribution is 2.31. The van der Waals surface area contributed by atoms with Crippen LogP contribution in [0.1, 0.15) is 16.7 Å². The van der Waals surface area contributed by atoms with Crippen molar-refractivity contribution in [1.82, 2.24) is 9.88 Å². The summed E-state index contributed by atoms with van der Waals surface area (Å²) in [5.41, 5.74) is 3.63. The number of fused-ring (bicyclic) bond motifs is 1. The summed E-state index contributed by atoms with van der Waals surface area (Å²) >= 11 is 0. The van der Waals surface area contributed by atoms with Crippen LogP contribution in [-0.2, 0) is 13.1 Å². The van der Waals surface area contributed by atoms with Crippen molar-refractivity contribution in [2.75, 3.05) is 19.5 Å². The molecule has 174 valence electrons. The number of urea groups is 1. The summed E-state index contributed by atoms with van der Waals surface area (Å²) < 4.78 is 10.7. The Labute approximate surface area is 197 Å². The minimum atomic E-state index is -0.293. The van der Waals surface area contributed by atoms with Crippen LogP contribution in [0.2, 0.25) is 0 Å². The molecule has 0 saturated heterocycles. The van der Waals surface area contributed by atoms with Gasteiger partial charge < -0.3 is 24.7 Å². The van der Waals surface area contributed by atoms with Gasteiger partial charge in [-0.3, -0.25) is 4.79 Å². The van der Waals surface area contributed by atoms with Crippen molar-refractivity contribution in [1.29, 1.82) is 0 Å². The number of ether oxygens (including phenoxy) is 2. The van der Waals surface area contributed by atoms with Crippen LogP contribution >= 0.6 is 0 Å². The van der Waals surface area contributed by atoms with E-state index in [2.05, 4.69) is 10.3 Å². The van der Waals surface area contributed by atoms with Gasteiger partial charge in [0, 0.05) is 29.2 Å². The summed E-state index contributed by atoms with van der Waals surface area (Å²) in [6.07, 6.45) is 0. The van der Waals surface area contributed by atoms with E-state index in [1.165, 1.54) is 0 Å². The van der Waals surface area contributed by atoms with Crippen LogP contribution in [0.15, 0.2) is 77.6 Å². The SMILES string of the molecule is COc1cc2cc(CN(Cc3ccc(C)cc3)C(=O)Nc3ccccc3)c(=O)[nH]c2cc1OC. The Morgan fingerprint density at radius 2 is 1.59 bits per heavy atom. The second-order valence-electron chi connectivity index (χ2n) is 8.06. The lowest BCUT2D eigenvalue weighted by Gasteiger charge is -2.23. The molecule has 4 rings (SSSR count). The summed E-state index contributed by atoms with van der Waals surface area (Å²) in [5.74, 6) is 1.09. The number of aryl methyl sites for hydroxylation is 1. The maximum atomic E-state index is 13.2. The summed E-state index contributed by atoms with van der Waals surface area (Å²) in [7, 11) is 3.11. The first-order valence-corrected chi connectivity index (χ1v) is 10.9. The van der Waals surface area contributed by atoms with Gasteiger partial charge in [0.1, 0.15) is 0 Å². The molecule has 2 N–H and O–H groups in total. The van der Waals surface area contributed by atoms with Crippen LogP contribution in [0, 0.1) is 6.92 Å². The van der Waals surface area contributed by atoms with E-state index in [4.69, 9.17) is 9.47 Å². The number of nitrogens with one attached hydrogen (secondary N) is 2. The van der Waals surface area contributed by atoms with E-state index in [1.54, 1.807) is 31.3 Å². The van der Waals surface area contributed by atoms with Gasteiger partial charge in [-0.25, -0.2) is 4.79 Å². The quantitative estimate of drug-likeness (QED) is 0.405. The Bertz CT molecular complexity index is 1350. The molecule has 1 aromatic heterocycles. The summed E-state index contributed by atoms with van der Waals surface area (Å²) in [6.45, 7) is 2.50. The number of para-hydroxylation sites is 1. The number of aromatic amines is 1. The number of hydrogen-bond acceptors (Lipinski definition) is 4. The van der Waals surface area contributed by atoms with E-state index in [9.17, 15) is 9.59 Å². The van der Waals surface area contributed by atoms with Crippen LogP contribution in [0.25, 0.3) is 10.9 Å². The molecule has 1 heterocycles. The third-order valence-corrected chi connectivity index (χ3v) is 5.59. The van der Waals surface area contributed by atoms with Crippen LogP contribution in [0.5, 0.6) is 11.5 Å². The number of amides is 2. The number of methoxy groups -OCH3 is 2. The van der Waals surface area contributed by atoms with Crippen molar-refractivity contribution in [3.05, 3.63) is 99.8 Å². The third kappa shape index (κ3) is 5.20. The van der Waals surface area contributed by atoms with E-state index in [0.717, 1.165) is 16.5 Å². The average Bonchev–Trinajstić information content (AvgIpc) is 2.85. The minimum absolute atomic E-state index is 0.131. The van der Waals surface area contributed by atoms with E-state index >= 15 is 0 Å². The maximum Gasteiger partial charge on any atom is 0.322 e. The van der Waals surface area contributed by atoms with Gasteiger partial charge in [-0.2, -0.15) is 0 Å². The Morgan fingerprint density at radius 3 is 2.26 bits per heavy atom. The largest absolute Gasteiger partial charge is 0.493 e. The highest BCUT2D eigenvalue weighted by atomic mass is 16.5. The van der Waals surface area contributed by atoms with Crippen LogP contribution in [0.3, 0.4) is 0 Å². The van der Waals surface area contributed by atoms with E-state index in [0.29, 0.717) is 34.8 Å². The molecule has 0 saturated carbocycles. The summed E-state index contributed by atoms with van der Waals surface area (Å²) in [5, 5.41) is 3.71. The fourth-order valence-corrected chi connectivity index (χ4v) is 3.74. The molecule has 3 aromatic carbocycles. The number of H-pyrrole nitrogens is 1. The Morgan fingerprint density at radius 1 is 0.912 bits per heavy atom. The monoisotopic (exact) mass is 457 g/mol. The van der Waals surface area contributed by atoms with Crippen molar-refractivity contribution < 1.29 is 14.3 Å². The Hall–Kier alpha value is -4.26. The molecule has 0 fully saturated rings. The molecule has 0 aliphatic carbocycles. The Balaban J connectivity index is 1.67. The highest BCUT2D eigenvalue weighted by Gasteiger charge is 2.18. The smallest absolute Gasteiger partial charge is 0.322 e. The van der Waals surface area contributed by atoms with Crippen molar-refractivity contribution in [3.8, 4) is 11.5 Å². The zero-order valence-corrected chi connectivity index (χ0v) is 19.4. The highest BCUT2D eigenvalue weighted by molar-refractivity contribution is 5.89. The number of rotatable bonds is 7. The van der Waals surface area contributed by atoms with Crippen LogP contribution in [0.4, 0.5) is 10.5 Å². The lowest BCUT2D eigenvalue weighted by Crippen LogP contribution is -2.35. The molecule has 0 radical (unpaired) electrons. The molecular formula is C27H27N3O4. The Kier molecular flexibility index (Phi) is 6.82. The molecular weight excluding hydrogens is 430 g/mol. The first-order valence-electron chi connectivity index (χ1n) is 10.9. The molecule has 4 aromatic rings. The van der Waals surface area contributed by atoms with Gasteiger partial charge in [0.2, 0.25) is 0 Å². The second kappa shape index (κ2) is 10.1. The number of anilines is 1. The lowest BCUT2D eigenvalue weighted by atomic mass is 10.1. The van der Waals surface area contributed by atoms with E-state index < -0.39 is 0 Å². The van der Waals surface area contributed by atoms with Crippen molar-refractivity contribution in [2.24, 2.45) is 0 Å². The predicted molar refractivity (Wildman–Crippen MR) is 134 cm³/mol. The van der Waals surface area contributed by atoms with Gasteiger partial charge >= 0.3 is 6.03 Å². The van der Waals surface area contributed by atoms with Crippen molar-refractivity contribution >= 4 is 22.6 Å². The first kappa shape index (κ1) is 22.9. The van der Waals surface area contributed by atoms with E-state index in [-0.39, 0.29) is 18.1 Å². The minimum Gasteiger partial charge on any atom is -0.493 e. The fourth-order valence-electron chi connectivity index (χ4n) is 3.74. The van der Waals surface area contributed by atoms with Crippen molar-refractivity contribution in [2.45, 2.75) is 20.0 Å². The topological polar surface area (TPSA) is 83.7 Å². The first-order chi connectivity index (χ1) is 16.5.